The van der Waals surface area contributed by atoms with Gasteiger partial charge in [0.2, 0.25) is 0 Å². The second kappa shape index (κ2) is 5.54. The molecule has 6 heteroatoms. The molecule has 0 saturated carbocycles. The molecule has 0 amide bonds. The molecular formula is C14H9Cl2F3O. The Hall–Kier alpha value is -1.39. The van der Waals surface area contributed by atoms with Crippen LogP contribution in [0.5, 0.6) is 5.75 Å². The first kappa shape index (κ1) is 15.0. The Kier molecular flexibility index (Phi) is 4.16. The molecule has 0 fully saturated rings. The zero-order valence-corrected chi connectivity index (χ0v) is 11.8. The van der Waals surface area contributed by atoms with Crippen molar-refractivity contribution in [3.63, 3.8) is 0 Å². The van der Waals surface area contributed by atoms with Crippen molar-refractivity contribution in [2.24, 2.45) is 0 Å². The van der Waals surface area contributed by atoms with E-state index in [0.29, 0.717) is 21.2 Å². The van der Waals surface area contributed by atoms with Crippen molar-refractivity contribution in [3.8, 4) is 16.9 Å². The van der Waals surface area contributed by atoms with Crippen LogP contribution in [0.1, 0.15) is 5.56 Å². The monoisotopic (exact) mass is 320 g/mol. The van der Waals surface area contributed by atoms with Crippen molar-refractivity contribution in [1.82, 2.24) is 0 Å². The van der Waals surface area contributed by atoms with Crippen molar-refractivity contribution in [1.29, 1.82) is 0 Å². The summed E-state index contributed by atoms with van der Waals surface area (Å²) < 4.78 is 43.1. The van der Waals surface area contributed by atoms with E-state index in [4.69, 9.17) is 27.9 Å². The lowest BCUT2D eigenvalue weighted by atomic mass is 10.0. The highest BCUT2D eigenvalue weighted by Crippen LogP contribution is 2.39. The van der Waals surface area contributed by atoms with Crippen LogP contribution in [-0.4, -0.2) is 7.11 Å². The molecule has 0 radical (unpaired) electrons. The molecule has 1 nitrogen and oxygen atoms in total. The fourth-order valence-corrected chi connectivity index (χ4v) is 2.35. The number of halogens is 5. The molecule has 20 heavy (non-hydrogen) atoms. The van der Waals surface area contributed by atoms with Crippen LogP contribution in [-0.2, 0) is 6.18 Å². The number of rotatable bonds is 2. The Labute approximate surface area is 123 Å². The Morgan fingerprint density at radius 1 is 0.900 bits per heavy atom. The number of hydrogen-bond donors (Lipinski definition) is 0. The van der Waals surface area contributed by atoms with Gasteiger partial charge in [-0.25, -0.2) is 0 Å². The van der Waals surface area contributed by atoms with Gasteiger partial charge in [-0.1, -0.05) is 29.3 Å². The lowest BCUT2D eigenvalue weighted by Gasteiger charge is -2.13. The first-order chi connectivity index (χ1) is 9.31. The van der Waals surface area contributed by atoms with E-state index in [1.165, 1.54) is 19.2 Å². The van der Waals surface area contributed by atoms with Gasteiger partial charge in [0.15, 0.2) is 0 Å². The molecule has 0 heterocycles. The lowest BCUT2D eigenvalue weighted by Crippen LogP contribution is -2.07. The maximum Gasteiger partial charge on any atom is 0.419 e. The molecule has 0 spiro atoms. The van der Waals surface area contributed by atoms with Gasteiger partial charge in [-0.05, 0) is 41.5 Å². The number of hydrogen-bond acceptors (Lipinski definition) is 1. The van der Waals surface area contributed by atoms with E-state index in [1.807, 2.05) is 0 Å². The van der Waals surface area contributed by atoms with Gasteiger partial charge in [0.1, 0.15) is 5.75 Å². The van der Waals surface area contributed by atoms with Gasteiger partial charge in [-0.2, -0.15) is 13.2 Å². The molecule has 2 rings (SSSR count). The topological polar surface area (TPSA) is 9.23 Å². The Bertz CT molecular complexity index is 619. The minimum absolute atomic E-state index is 0.244. The average molecular weight is 321 g/mol. The quantitative estimate of drug-likeness (QED) is 0.690. The summed E-state index contributed by atoms with van der Waals surface area (Å²) >= 11 is 11.8. The number of methoxy groups -OCH3 is 1. The van der Waals surface area contributed by atoms with E-state index in [1.54, 1.807) is 18.2 Å². The third-order valence-electron chi connectivity index (χ3n) is 2.70. The van der Waals surface area contributed by atoms with Gasteiger partial charge in [0, 0.05) is 10.0 Å². The highest BCUT2D eigenvalue weighted by Gasteiger charge is 2.34. The van der Waals surface area contributed by atoms with Crippen molar-refractivity contribution in [3.05, 3.63) is 52.0 Å². The van der Waals surface area contributed by atoms with E-state index < -0.39 is 11.7 Å². The molecule has 0 unspecified atom stereocenters. The maximum absolute atomic E-state index is 12.8. The summed E-state index contributed by atoms with van der Waals surface area (Å²) in [6.07, 6.45) is -4.46. The molecule has 0 aliphatic rings. The fourth-order valence-electron chi connectivity index (χ4n) is 1.83. The van der Waals surface area contributed by atoms with Crippen molar-refractivity contribution in [2.75, 3.05) is 7.11 Å². The van der Waals surface area contributed by atoms with Gasteiger partial charge in [-0.3, -0.25) is 0 Å². The molecule has 0 aliphatic heterocycles. The van der Waals surface area contributed by atoms with E-state index in [2.05, 4.69) is 0 Å². The molecule has 0 aromatic heterocycles. The summed E-state index contributed by atoms with van der Waals surface area (Å²) in [5.41, 5.74) is 0.339. The third-order valence-corrected chi connectivity index (χ3v) is 3.14. The molecule has 0 bridgehead atoms. The van der Waals surface area contributed by atoms with E-state index in [-0.39, 0.29) is 5.75 Å². The second-order valence-electron chi connectivity index (χ2n) is 4.07. The highest BCUT2D eigenvalue weighted by molar-refractivity contribution is 6.35. The lowest BCUT2D eigenvalue weighted by molar-refractivity contribution is -0.138. The Balaban J connectivity index is 2.54. The van der Waals surface area contributed by atoms with Gasteiger partial charge in [-0.15, -0.1) is 0 Å². The normalized spacial score (nSPS) is 11.5. The molecule has 2 aromatic carbocycles. The second-order valence-corrected chi connectivity index (χ2v) is 4.94. The van der Waals surface area contributed by atoms with Crippen LogP contribution < -0.4 is 4.74 Å². The molecule has 0 aliphatic carbocycles. The largest absolute Gasteiger partial charge is 0.496 e. The molecular weight excluding hydrogens is 312 g/mol. The Morgan fingerprint density at radius 3 is 2.00 bits per heavy atom. The summed E-state index contributed by atoms with van der Waals surface area (Å²) in [6.45, 7) is 0. The predicted molar refractivity (Wildman–Crippen MR) is 73.5 cm³/mol. The van der Waals surface area contributed by atoms with Crippen LogP contribution in [0.15, 0.2) is 36.4 Å². The number of ether oxygens (including phenoxy) is 1. The molecule has 2 aromatic rings. The maximum atomic E-state index is 12.8. The number of alkyl halides is 3. The van der Waals surface area contributed by atoms with E-state index in [0.717, 1.165) is 6.07 Å². The molecule has 0 saturated heterocycles. The SMILES string of the molecule is COc1cc(-c2cc(Cl)cc(Cl)c2)ccc1C(F)(F)F. The molecule has 0 atom stereocenters. The van der Waals surface area contributed by atoms with Crippen LogP contribution in [0.4, 0.5) is 13.2 Å². The summed E-state index contributed by atoms with van der Waals surface area (Å²) in [5, 5.41) is 0.817. The fraction of sp³-hybridized carbons (Fsp3) is 0.143. The average Bonchev–Trinajstić information content (AvgIpc) is 2.35. The molecule has 0 N–H and O–H groups in total. The zero-order valence-electron chi connectivity index (χ0n) is 10.3. The highest BCUT2D eigenvalue weighted by atomic mass is 35.5. The van der Waals surface area contributed by atoms with Gasteiger partial charge in [0.25, 0.3) is 0 Å². The van der Waals surface area contributed by atoms with Crippen LogP contribution in [0, 0.1) is 0 Å². The summed E-state index contributed by atoms with van der Waals surface area (Å²) in [5.74, 6) is -0.244. The molecule has 106 valence electrons. The van der Waals surface area contributed by atoms with Crippen LogP contribution in [0.3, 0.4) is 0 Å². The standard InChI is InChI=1S/C14H9Cl2F3O/c1-20-13-6-8(2-3-12(13)14(17,18)19)9-4-10(15)7-11(16)5-9/h2-7H,1H3. The van der Waals surface area contributed by atoms with Gasteiger partial charge >= 0.3 is 6.18 Å². The van der Waals surface area contributed by atoms with Crippen molar-refractivity contribution in [2.45, 2.75) is 6.18 Å². The number of benzene rings is 2. The third kappa shape index (κ3) is 3.19. The minimum Gasteiger partial charge on any atom is -0.496 e. The van der Waals surface area contributed by atoms with Gasteiger partial charge < -0.3 is 4.74 Å². The van der Waals surface area contributed by atoms with E-state index >= 15 is 0 Å². The van der Waals surface area contributed by atoms with E-state index in [9.17, 15) is 13.2 Å². The summed E-state index contributed by atoms with van der Waals surface area (Å²) in [4.78, 5) is 0. The predicted octanol–water partition coefficient (Wildman–Crippen LogP) is 5.69. The smallest absolute Gasteiger partial charge is 0.419 e. The first-order valence-corrected chi connectivity index (χ1v) is 6.28. The zero-order chi connectivity index (χ0) is 14.9. The summed E-state index contributed by atoms with van der Waals surface area (Å²) in [7, 11) is 1.19. The minimum atomic E-state index is -4.46. The first-order valence-electron chi connectivity index (χ1n) is 5.53. The van der Waals surface area contributed by atoms with Gasteiger partial charge in [0.05, 0.1) is 12.7 Å². The van der Waals surface area contributed by atoms with Crippen LogP contribution >= 0.6 is 23.2 Å². The van der Waals surface area contributed by atoms with Crippen LogP contribution in [0.2, 0.25) is 10.0 Å². The van der Waals surface area contributed by atoms with Crippen molar-refractivity contribution < 1.29 is 17.9 Å². The summed E-state index contributed by atoms with van der Waals surface area (Å²) in [6, 6.07) is 8.43. The van der Waals surface area contributed by atoms with Crippen molar-refractivity contribution >= 4 is 23.2 Å². The van der Waals surface area contributed by atoms with Crippen LogP contribution in [0.25, 0.3) is 11.1 Å². The Morgan fingerprint density at radius 2 is 1.50 bits per heavy atom.